The van der Waals surface area contributed by atoms with Crippen LogP contribution in [-0.4, -0.2) is 35.0 Å². The monoisotopic (exact) mass is 317 g/mol. The summed E-state index contributed by atoms with van der Waals surface area (Å²) >= 11 is 0. The van der Waals surface area contributed by atoms with Gasteiger partial charge in [0.2, 0.25) is 5.88 Å². The molecular formula is C17H27N5O. The summed E-state index contributed by atoms with van der Waals surface area (Å²) in [6, 6.07) is 3.98. The van der Waals surface area contributed by atoms with E-state index < -0.39 is 0 Å². The molecular weight excluding hydrogens is 290 g/mol. The summed E-state index contributed by atoms with van der Waals surface area (Å²) in [5.41, 5.74) is 3.33. The van der Waals surface area contributed by atoms with Gasteiger partial charge in [-0.2, -0.15) is 5.10 Å². The van der Waals surface area contributed by atoms with E-state index in [-0.39, 0.29) is 6.10 Å². The molecule has 0 aliphatic carbocycles. The van der Waals surface area contributed by atoms with Crippen molar-refractivity contribution >= 4 is 5.82 Å². The van der Waals surface area contributed by atoms with Crippen molar-refractivity contribution in [1.82, 2.24) is 20.1 Å². The lowest BCUT2D eigenvalue weighted by Gasteiger charge is -2.16. The minimum Gasteiger partial charge on any atom is -0.475 e. The van der Waals surface area contributed by atoms with Crippen molar-refractivity contribution in [3.8, 4) is 5.88 Å². The molecule has 126 valence electrons. The molecule has 0 aliphatic heterocycles. The van der Waals surface area contributed by atoms with Gasteiger partial charge in [-0.3, -0.25) is 4.68 Å². The molecule has 0 radical (unpaired) electrons. The van der Waals surface area contributed by atoms with Crippen molar-refractivity contribution in [2.75, 3.05) is 19.0 Å². The lowest BCUT2D eigenvalue weighted by Crippen LogP contribution is -2.19. The number of aryl methyl sites for hydroxylation is 2. The van der Waals surface area contributed by atoms with Crippen molar-refractivity contribution < 1.29 is 4.74 Å². The molecule has 0 aliphatic rings. The molecule has 6 heteroatoms. The molecule has 2 heterocycles. The molecule has 0 aromatic carbocycles. The predicted molar refractivity (Wildman–Crippen MR) is 92.8 cm³/mol. The van der Waals surface area contributed by atoms with Crippen molar-refractivity contribution in [3.05, 3.63) is 35.2 Å². The van der Waals surface area contributed by atoms with Crippen LogP contribution in [0.25, 0.3) is 0 Å². The second kappa shape index (κ2) is 7.46. The lowest BCUT2D eigenvalue weighted by atomic mass is 10.2. The van der Waals surface area contributed by atoms with Crippen LogP contribution in [0.5, 0.6) is 5.88 Å². The molecule has 0 amide bonds. The second-order valence-corrected chi connectivity index (χ2v) is 6.14. The van der Waals surface area contributed by atoms with Gasteiger partial charge in [-0.25, -0.2) is 4.98 Å². The zero-order valence-corrected chi connectivity index (χ0v) is 14.9. The highest BCUT2D eigenvalue weighted by atomic mass is 16.5. The van der Waals surface area contributed by atoms with E-state index >= 15 is 0 Å². The molecule has 2 aromatic rings. The Kier molecular flexibility index (Phi) is 5.60. The maximum atomic E-state index is 5.76. The van der Waals surface area contributed by atoms with E-state index in [0.717, 1.165) is 23.6 Å². The van der Waals surface area contributed by atoms with Crippen LogP contribution in [-0.2, 0) is 20.1 Å². The number of anilines is 1. The standard InChI is InChI=1S/C17H27N5O/c1-12(2)23-16-14(8-7-9-19-16)10-18-11-15-13(3)20-22(6)17(15)21(4)5/h7-9,12,18H,10-11H2,1-6H3. The number of rotatable bonds is 7. The quantitative estimate of drug-likeness (QED) is 0.849. The number of hydrogen-bond donors (Lipinski definition) is 1. The Bertz CT molecular complexity index is 648. The van der Waals surface area contributed by atoms with Crippen LogP contribution in [0.2, 0.25) is 0 Å². The first-order chi connectivity index (χ1) is 10.9. The fourth-order valence-corrected chi connectivity index (χ4v) is 2.67. The molecule has 6 nitrogen and oxygen atoms in total. The Labute approximate surface area is 138 Å². The minimum absolute atomic E-state index is 0.115. The van der Waals surface area contributed by atoms with E-state index in [0.29, 0.717) is 12.4 Å². The molecule has 0 bridgehead atoms. The van der Waals surface area contributed by atoms with Gasteiger partial charge in [0.15, 0.2) is 0 Å². The van der Waals surface area contributed by atoms with E-state index in [1.807, 2.05) is 58.7 Å². The fraction of sp³-hybridized carbons (Fsp3) is 0.529. The van der Waals surface area contributed by atoms with Crippen LogP contribution in [0.1, 0.15) is 30.7 Å². The highest BCUT2D eigenvalue weighted by Crippen LogP contribution is 2.21. The van der Waals surface area contributed by atoms with Gasteiger partial charge < -0.3 is 15.0 Å². The Morgan fingerprint density at radius 3 is 2.70 bits per heavy atom. The average molecular weight is 317 g/mol. The van der Waals surface area contributed by atoms with E-state index in [1.165, 1.54) is 5.56 Å². The van der Waals surface area contributed by atoms with E-state index in [4.69, 9.17) is 4.74 Å². The molecule has 23 heavy (non-hydrogen) atoms. The summed E-state index contributed by atoms with van der Waals surface area (Å²) in [5.74, 6) is 1.82. The highest BCUT2D eigenvalue weighted by molar-refractivity contribution is 5.48. The van der Waals surface area contributed by atoms with Crippen LogP contribution in [0, 0.1) is 6.92 Å². The summed E-state index contributed by atoms with van der Waals surface area (Å²) in [6.07, 6.45) is 1.88. The SMILES string of the molecule is Cc1nn(C)c(N(C)C)c1CNCc1cccnc1OC(C)C. The van der Waals surface area contributed by atoms with E-state index in [9.17, 15) is 0 Å². The van der Waals surface area contributed by atoms with Gasteiger partial charge in [-0.05, 0) is 26.8 Å². The average Bonchev–Trinajstić information content (AvgIpc) is 2.74. The molecule has 2 rings (SSSR count). The van der Waals surface area contributed by atoms with Crippen molar-refractivity contribution in [2.45, 2.75) is 40.0 Å². The number of hydrogen-bond acceptors (Lipinski definition) is 5. The number of ether oxygens (including phenoxy) is 1. The first kappa shape index (κ1) is 17.3. The van der Waals surface area contributed by atoms with Gasteiger partial charge in [-0.15, -0.1) is 0 Å². The second-order valence-electron chi connectivity index (χ2n) is 6.14. The maximum Gasteiger partial charge on any atom is 0.218 e. The Morgan fingerprint density at radius 2 is 2.04 bits per heavy atom. The Morgan fingerprint density at radius 1 is 1.30 bits per heavy atom. The Hall–Kier alpha value is -2.08. The molecule has 0 saturated heterocycles. The minimum atomic E-state index is 0.115. The highest BCUT2D eigenvalue weighted by Gasteiger charge is 2.15. The number of pyridine rings is 1. The van der Waals surface area contributed by atoms with Crippen molar-refractivity contribution in [3.63, 3.8) is 0 Å². The first-order valence-electron chi connectivity index (χ1n) is 7.91. The molecule has 0 atom stereocenters. The zero-order valence-electron chi connectivity index (χ0n) is 14.9. The summed E-state index contributed by atoms with van der Waals surface area (Å²) in [4.78, 5) is 6.42. The summed E-state index contributed by atoms with van der Waals surface area (Å²) < 4.78 is 7.68. The fourth-order valence-electron chi connectivity index (χ4n) is 2.67. The van der Waals surface area contributed by atoms with Crippen LogP contribution in [0.4, 0.5) is 5.82 Å². The summed E-state index contributed by atoms with van der Waals surface area (Å²) in [6.45, 7) is 7.52. The normalized spacial score (nSPS) is 11.1. The maximum absolute atomic E-state index is 5.76. The topological polar surface area (TPSA) is 55.2 Å². The van der Waals surface area contributed by atoms with Crippen molar-refractivity contribution in [2.24, 2.45) is 7.05 Å². The zero-order chi connectivity index (χ0) is 17.0. The summed E-state index contributed by atoms with van der Waals surface area (Å²) in [5, 5.41) is 7.99. The smallest absolute Gasteiger partial charge is 0.218 e. The van der Waals surface area contributed by atoms with E-state index in [1.54, 1.807) is 6.20 Å². The van der Waals surface area contributed by atoms with Crippen LogP contribution < -0.4 is 15.0 Å². The largest absolute Gasteiger partial charge is 0.475 e. The van der Waals surface area contributed by atoms with Crippen LogP contribution >= 0.6 is 0 Å². The first-order valence-corrected chi connectivity index (χ1v) is 7.91. The molecule has 0 fully saturated rings. The molecule has 2 aromatic heterocycles. The van der Waals surface area contributed by atoms with Gasteiger partial charge >= 0.3 is 0 Å². The number of nitrogens with one attached hydrogen (secondary N) is 1. The molecule has 0 unspecified atom stereocenters. The number of nitrogens with zero attached hydrogens (tertiary/aromatic N) is 4. The summed E-state index contributed by atoms with van der Waals surface area (Å²) in [7, 11) is 6.05. The van der Waals surface area contributed by atoms with Gasteiger partial charge in [0.1, 0.15) is 5.82 Å². The van der Waals surface area contributed by atoms with Crippen LogP contribution in [0.3, 0.4) is 0 Å². The van der Waals surface area contributed by atoms with E-state index in [2.05, 4.69) is 20.3 Å². The third-order valence-electron chi connectivity index (χ3n) is 3.55. The van der Waals surface area contributed by atoms with Gasteiger partial charge in [0.05, 0.1) is 11.8 Å². The van der Waals surface area contributed by atoms with Crippen molar-refractivity contribution in [1.29, 1.82) is 0 Å². The molecule has 0 spiro atoms. The third kappa shape index (κ3) is 4.22. The van der Waals surface area contributed by atoms with Crippen LogP contribution in [0.15, 0.2) is 18.3 Å². The number of aromatic nitrogens is 3. The molecule has 0 saturated carbocycles. The van der Waals surface area contributed by atoms with Gasteiger partial charge in [0.25, 0.3) is 0 Å². The Balaban J connectivity index is 2.07. The van der Waals surface area contributed by atoms with Gasteiger partial charge in [0, 0.05) is 51.6 Å². The lowest BCUT2D eigenvalue weighted by molar-refractivity contribution is 0.229. The van der Waals surface area contributed by atoms with Gasteiger partial charge in [-0.1, -0.05) is 6.07 Å². The third-order valence-corrected chi connectivity index (χ3v) is 3.55. The predicted octanol–water partition coefficient (Wildman–Crippen LogP) is 2.27. The molecule has 1 N–H and O–H groups in total.